The van der Waals surface area contributed by atoms with E-state index in [2.05, 4.69) is 25.1 Å². The van der Waals surface area contributed by atoms with Crippen molar-refractivity contribution in [3.05, 3.63) is 34.9 Å². The Balaban J connectivity index is 2.41. The maximum absolute atomic E-state index is 8.92. The lowest BCUT2D eigenvalue weighted by Crippen LogP contribution is -2.21. The van der Waals surface area contributed by atoms with Crippen LogP contribution in [0.1, 0.15) is 22.6 Å². The van der Waals surface area contributed by atoms with Crippen LogP contribution in [-0.2, 0) is 6.42 Å². The summed E-state index contributed by atoms with van der Waals surface area (Å²) in [5, 5.41) is 8.92. The second kappa shape index (κ2) is 2.35. The van der Waals surface area contributed by atoms with Crippen molar-refractivity contribution in [1.82, 2.24) is 0 Å². The molecule has 1 aromatic rings. The number of fused-ring (bicyclic) bond motifs is 1. The fraction of sp³-hybridized carbons (Fsp3) is 0.400. The standard InChI is InChI=1S/C10H12O/c1-7-3-2-4-9-8(6-11)5-10(7)9/h2-4,8,11H,5-6H2,1H3. The number of hydrogen-bond acceptors (Lipinski definition) is 1. The highest BCUT2D eigenvalue weighted by molar-refractivity contribution is 5.45. The highest BCUT2D eigenvalue weighted by Crippen LogP contribution is 2.36. The molecule has 0 saturated heterocycles. The molecule has 1 N–H and O–H groups in total. The zero-order valence-corrected chi connectivity index (χ0v) is 6.67. The molecule has 1 aliphatic rings. The molecular weight excluding hydrogens is 136 g/mol. The molecule has 11 heavy (non-hydrogen) atoms. The Morgan fingerprint density at radius 2 is 2.36 bits per heavy atom. The maximum atomic E-state index is 8.92. The van der Waals surface area contributed by atoms with Gasteiger partial charge in [-0.1, -0.05) is 18.2 Å². The van der Waals surface area contributed by atoms with E-state index in [1.54, 1.807) is 0 Å². The minimum Gasteiger partial charge on any atom is -0.396 e. The van der Waals surface area contributed by atoms with E-state index in [9.17, 15) is 0 Å². The molecule has 0 amide bonds. The molecule has 0 fully saturated rings. The van der Waals surface area contributed by atoms with Crippen molar-refractivity contribution in [2.24, 2.45) is 0 Å². The molecular formula is C10H12O. The van der Waals surface area contributed by atoms with E-state index in [1.807, 2.05) is 0 Å². The largest absolute Gasteiger partial charge is 0.396 e. The molecule has 1 aliphatic carbocycles. The Hall–Kier alpha value is -0.820. The number of benzene rings is 1. The summed E-state index contributed by atoms with van der Waals surface area (Å²) >= 11 is 0. The lowest BCUT2D eigenvalue weighted by Gasteiger charge is -2.30. The molecule has 1 atom stereocenters. The van der Waals surface area contributed by atoms with Gasteiger partial charge in [-0.15, -0.1) is 0 Å². The molecule has 58 valence electrons. The molecule has 1 nitrogen and oxygen atoms in total. The van der Waals surface area contributed by atoms with Gasteiger partial charge in [-0.2, -0.15) is 0 Å². The van der Waals surface area contributed by atoms with E-state index >= 15 is 0 Å². The monoisotopic (exact) mass is 148 g/mol. The highest BCUT2D eigenvalue weighted by atomic mass is 16.3. The minimum atomic E-state index is 0.302. The van der Waals surface area contributed by atoms with Crippen molar-refractivity contribution >= 4 is 0 Å². The van der Waals surface area contributed by atoms with Gasteiger partial charge in [0.25, 0.3) is 0 Å². The van der Waals surface area contributed by atoms with Crippen LogP contribution in [0, 0.1) is 6.92 Å². The van der Waals surface area contributed by atoms with Crippen LogP contribution in [0.2, 0.25) is 0 Å². The zero-order chi connectivity index (χ0) is 7.84. The van der Waals surface area contributed by atoms with Crippen molar-refractivity contribution in [3.8, 4) is 0 Å². The smallest absolute Gasteiger partial charge is 0.0503 e. The molecule has 0 heterocycles. The van der Waals surface area contributed by atoms with E-state index in [0.29, 0.717) is 12.5 Å². The van der Waals surface area contributed by atoms with Crippen LogP contribution in [-0.4, -0.2) is 11.7 Å². The molecule has 1 heteroatoms. The Bertz CT molecular complexity index is 278. The summed E-state index contributed by atoms with van der Waals surface area (Å²) in [4.78, 5) is 0. The van der Waals surface area contributed by atoms with E-state index in [1.165, 1.54) is 16.7 Å². The molecule has 0 radical (unpaired) electrons. The normalized spacial score (nSPS) is 20.7. The molecule has 0 aromatic heterocycles. The van der Waals surface area contributed by atoms with Gasteiger partial charge in [-0.3, -0.25) is 0 Å². The first-order valence-corrected chi connectivity index (χ1v) is 4.02. The molecule has 0 bridgehead atoms. The number of aliphatic hydroxyl groups is 1. The van der Waals surface area contributed by atoms with Gasteiger partial charge in [0.1, 0.15) is 0 Å². The predicted molar refractivity (Wildman–Crippen MR) is 44.7 cm³/mol. The second-order valence-corrected chi connectivity index (χ2v) is 3.23. The van der Waals surface area contributed by atoms with Crippen LogP contribution in [0.25, 0.3) is 0 Å². The van der Waals surface area contributed by atoms with Crippen molar-refractivity contribution in [2.45, 2.75) is 19.3 Å². The molecule has 0 aliphatic heterocycles. The van der Waals surface area contributed by atoms with Gasteiger partial charge in [0.2, 0.25) is 0 Å². The average Bonchev–Trinajstić information content (AvgIpc) is 1.95. The maximum Gasteiger partial charge on any atom is 0.0503 e. The van der Waals surface area contributed by atoms with Crippen molar-refractivity contribution in [2.75, 3.05) is 6.61 Å². The Kier molecular flexibility index (Phi) is 1.46. The van der Waals surface area contributed by atoms with Gasteiger partial charge in [0.15, 0.2) is 0 Å². The first kappa shape index (κ1) is 6.86. The summed E-state index contributed by atoms with van der Waals surface area (Å²) in [6.45, 7) is 2.43. The van der Waals surface area contributed by atoms with E-state index in [4.69, 9.17) is 5.11 Å². The molecule has 1 unspecified atom stereocenters. The number of aliphatic hydroxyl groups excluding tert-OH is 1. The van der Waals surface area contributed by atoms with Gasteiger partial charge < -0.3 is 5.11 Å². The first-order chi connectivity index (χ1) is 5.33. The van der Waals surface area contributed by atoms with Crippen LogP contribution in [0.3, 0.4) is 0 Å². The summed E-state index contributed by atoms with van der Waals surface area (Å²) in [6.07, 6.45) is 1.07. The first-order valence-electron chi connectivity index (χ1n) is 4.02. The summed E-state index contributed by atoms with van der Waals surface area (Å²) in [5.74, 6) is 0.421. The van der Waals surface area contributed by atoms with E-state index < -0.39 is 0 Å². The number of hydrogen-bond donors (Lipinski definition) is 1. The highest BCUT2D eigenvalue weighted by Gasteiger charge is 2.25. The topological polar surface area (TPSA) is 20.2 Å². The van der Waals surface area contributed by atoms with Crippen molar-refractivity contribution in [1.29, 1.82) is 0 Å². The fourth-order valence-corrected chi connectivity index (χ4v) is 1.77. The molecule has 0 saturated carbocycles. The van der Waals surface area contributed by atoms with Gasteiger partial charge in [0.05, 0.1) is 6.61 Å². The van der Waals surface area contributed by atoms with Gasteiger partial charge in [-0.25, -0.2) is 0 Å². The van der Waals surface area contributed by atoms with Crippen LogP contribution >= 0.6 is 0 Å². The van der Waals surface area contributed by atoms with Crippen LogP contribution in [0.5, 0.6) is 0 Å². The second-order valence-electron chi connectivity index (χ2n) is 3.23. The van der Waals surface area contributed by atoms with Crippen LogP contribution in [0.15, 0.2) is 18.2 Å². The van der Waals surface area contributed by atoms with E-state index in [0.717, 1.165) is 6.42 Å². The summed E-state index contributed by atoms with van der Waals surface area (Å²) < 4.78 is 0. The number of aryl methyl sites for hydroxylation is 1. The van der Waals surface area contributed by atoms with Crippen LogP contribution in [0.4, 0.5) is 0 Å². The predicted octanol–water partition coefficient (Wildman–Crippen LogP) is 1.63. The van der Waals surface area contributed by atoms with Gasteiger partial charge >= 0.3 is 0 Å². The van der Waals surface area contributed by atoms with Gasteiger partial charge in [0, 0.05) is 5.92 Å². The summed E-state index contributed by atoms with van der Waals surface area (Å²) in [5.41, 5.74) is 4.17. The average molecular weight is 148 g/mol. The third-order valence-corrected chi connectivity index (χ3v) is 2.56. The minimum absolute atomic E-state index is 0.302. The van der Waals surface area contributed by atoms with Crippen LogP contribution < -0.4 is 0 Å². The molecule has 0 spiro atoms. The molecule has 2 rings (SSSR count). The third kappa shape index (κ3) is 0.881. The van der Waals surface area contributed by atoms with Gasteiger partial charge in [-0.05, 0) is 30.0 Å². The SMILES string of the molecule is Cc1cccc2c1CC2CO. The van der Waals surface area contributed by atoms with E-state index in [-0.39, 0.29) is 0 Å². The number of rotatable bonds is 1. The quantitative estimate of drug-likeness (QED) is 0.641. The summed E-state index contributed by atoms with van der Waals surface area (Å²) in [7, 11) is 0. The Morgan fingerprint density at radius 3 is 3.09 bits per heavy atom. The lowest BCUT2D eigenvalue weighted by molar-refractivity contribution is 0.253. The molecule has 1 aromatic carbocycles. The summed E-state index contributed by atoms with van der Waals surface area (Å²) in [6, 6.07) is 6.31. The fourth-order valence-electron chi connectivity index (χ4n) is 1.77. The third-order valence-electron chi connectivity index (χ3n) is 2.56. The Morgan fingerprint density at radius 1 is 1.55 bits per heavy atom. The van der Waals surface area contributed by atoms with Crippen molar-refractivity contribution < 1.29 is 5.11 Å². The Labute approximate surface area is 66.7 Å². The zero-order valence-electron chi connectivity index (χ0n) is 6.67. The lowest BCUT2D eigenvalue weighted by atomic mass is 9.76. The van der Waals surface area contributed by atoms with Crippen molar-refractivity contribution in [3.63, 3.8) is 0 Å².